The zero-order chi connectivity index (χ0) is 16.0. The van der Waals surface area contributed by atoms with Crippen LogP contribution in [-0.2, 0) is 7.05 Å². The Kier molecular flexibility index (Phi) is 2.87. The van der Waals surface area contributed by atoms with E-state index in [2.05, 4.69) is 15.0 Å². The van der Waals surface area contributed by atoms with Gasteiger partial charge in [0.25, 0.3) is 5.56 Å². The van der Waals surface area contributed by atoms with Gasteiger partial charge in [-0.3, -0.25) is 14.3 Å². The highest BCUT2D eigenvalue weighted by molar-refractivity contribution is 5.89. The predicted molar refractivity (Wildman–Crippen MR) is 86.0 cm³/mol. The first-order chi connectivity index (χ1) is 11.2. The third-order valence-corrected chi connectivity index (χ3v) is 3.79. The Morgan fingerprint density at radius 2 is 2.00 bits per heavy atom. The van der Waals surface area contributed by atoms with Gasteiger partial charge in [-0.25, -0.2) is 4.98 Å². The van der Waals surface area contributed by atoms with Crippen LogP contribution in [0.5, 0.6) is 5.75 Å². The van der Waals surface area contributed by atoms with Gasteiger partial charge in [0.05, 0.1) is 24.6 Å². The summed E-state index contributed by atoms with van der Waals surface area (Å²) >= 11 is 0. The third kappa shape index (κ3) is 1.97. The third-order valence-electron chi connectivity index (χ3n) is 3.79. The fourth-order valence-electron chi connectivity index (χ4n) is 2.69. The highest BCUT2D eigenvalue weighted by atomic mass is 16.5. The monoisotopic (exact) mass is 307 g/mol. The summed E-state index contributed by atoms with van der Waals surface area (Å²) in [4.78, 5) is 24.7. The van der Waals surface area contributed by atoms with Crippen LogP contribution in [0.3, 0.4) is 0 Å². The maximum Gasteiger partial charge on any atom is 0.298 e. The summed E-state index contributed by atoms with van der Waals surface area (Å²) in [6.45, 7) is 0. The second kappa shape index (κ2) is 4.91. The molecule has 0 N–H and O–H groups in total. The van der Waals surface area contributed by atoms with Crippen molar-refractivity contribution in [2.75, 3.05) is 7.11 Å². The summed E-state index contributed by atoms with van der Waals surface area (Å²) < 4.78 is 8.80. The highest BCUT2D eigenvalue weighted by Crippen LogP contribution is 2.27. The normalized spacial score (nSPS) is 11.2. The van der Waals surface area contributed by atoms with Gasteiger partial charge in [-0.15, -0.1) is 0 Å². The second-order valence-corrected chi connectivity index (χ2v) is 5.17. The van der Waals surface area contributed by atoms with Crippen molar-refractivity contribution in [3.8, 4) is 11.4 Å². The van der Waals surface area contributed by atoms with Crippen LogP contribution in [-0.4, -0.2) is 31.2 Å². The van der Waals surface area contributed by atoms with Gasteiger partial charge >= 0.3 is 0 Å². The van der Waals surface area contributed by atoms with Crippen molar-refractivity contribution in [1.82, 2.24) is 24.1 Å². The minimum absolute atomic E-state index is 0.309. The van der Waals surface area contributed by atoms with Gasteiger partial charge in [0.15, 0.2) is 11.2 Å². The van der Waals surface area contributed by atoms with E-state index < -0.39 is 0 Å². The van der Waals surface area contributed by atoms with Crippen molar-refractivity contribution in [1.29, 1.82) is 0 Å². The van der Waals surface area contributed by atoms with E-state index >= 15 is 0 Å². The van der Waals surface area contributed by atoms with E-state index in [0.29, 0.717) is 16.9 Å². The van der Waals surface area contributed by atoms with Crippen LogP contribution in [0.25, 0.3) is 27.8 Å². The van der Waals surface area contributed by atoms with E-state index in [-0.39, 0.29) is 5.56 Å². The van der Waals surface area contributed by atoms with E-state index in [9.17, 15) is 4.79 Å². The Hall–Kier alpha value is -3.22. The number of ether oxygens (including phenoxy) is 1. The number of rotatable bonds is 2. The Bertz CT molecular complexity index is 1100. The first kappa shape index (κ1) is 13.4. The van der Waals surface area contributed by atoms with Crippen molar-refractivity contribution in [2.45, 2.75) is 0 Å². The average Bonchev–Trinajstić information content (AvgIpc) is 2.97. The van der Waals surface area contributed by atoms with Crippen LogP contribution in [0.1, 0.15) is 0 Å². The number of fused-ring (bicyclic) bond motifs is 2. The van der Waals surface area contributed by atoms with E-state index in [1.807, 2.05) is 24.3 Å². The largest absolute Gasteiger partial charge is 0.497 e. The molecule has 1 aromatic carbocycles. The van der Waals surface area contributed by atoms with E-state index in [1.165, 1.54) is 6.33 Å². The molecule has 23 heavy (non-hydrogen) atoms. The molecule has 0 spiro atoms. The fraction of sp³-hybridized carbons (Fsp3) is 0.125. The molecular formula is C16H13N5O2. The van der Waals surface area contributed by atoms with Crippen LogP contribution in [0.4, 0.5) is 0 Å². The molecule has 0 aliphatic heterocycles. The fourth-order valence-corrected chi connectivity index (χ4v) is 2.69. The minimum Gasteiger partial charge on any atom is -0.497 e. The number of pyridine rings is 1. The number of aromatic nitrogens is 5. The molecule has 0 fully saturated rings. The van der Waals surface area contributed by atoms with Crippen molar-refractivity contribution >= 4 is 22.1 Å². The number of hydrogen-bond acceptors (Lipinski definition) is 5. The average molecular weight is 307 g/mol. The van der Waals surface area contributed by atoms with E-state index in [4.69, 9.17) is 4.74 Å². The van der Waals surface area contributed by atoms with Crippen molar-refractivity contribution in [2.24, 2.45) is 7.05 Å². The summed E-state index contributed by atoms with van der Waals surface area (Å²) in [5.41, 5.74) is 2.21. The molecule has 4 aromatic rings. The molecule has 0 bridgehead atoms. The second-order valence-electron chi connectivity index (χ2n) is 5.17. The maximum absolute atomic E-state index is 12.0. The van der Waals surface area contributed by atoms with Gasteiger partial charge in [-0.05, 0) is 12.1 Å². The van der Waals surface area contributed by atoms with Gasteiger partial charge < -0.3 is 9.30 Å². The zero-order valence-electron chi connectivity index (χ0n) is 12.6. The number of hydrogen-bond donors (Lipinski definition) is 0. The standard InChI is InChI=1S/C16H13N5O2/c1-20-8-18-15-14(20)16(22)19-9-21(15)12-7-11(23-2)6-10-4-3-5-17-13(10)12/h3-9H,1-2H3. The SMILES string of the molecule is COc1cc(-n2cnc(=O)c3c2ncn3C)c2ncccc2c1. The molecule has 0 aliphatic rings. The topological polar surface area (TPSA) is 74.8 Å². The van der Waals surface area contributed by atoms with Gasteiger partial charge in [0.1, 0.15) is 12.1 Å². The molecule has 7 nitrogen and oxygen atoms in total. The molecule has 0 unspecified atom stereocenters. The Labute approximate surface area is 130 Å². The molecule has 0 saturated heterocycles. The first-order valence-electron chi connectivity index (χ1n) is 7.01. The lowest BCUT2D eigenvalue weighted by molar-refractivity contribution is 0.415. The van der Waals surface area contributed by atoms with Crippen LogP contribution in [0.2, 0.25) is 0 Å². The van der Waals surface area contributed by atoms with Crippen LogP contribution in [0.15, 0.2) is 47.9 Å². The molecule has 0 aliphatic carbocycles. The number of imidazole rings is 1. The molecule has 0 atom stereocenters. The molecule has 0 saturated carbocycles. The quantitative estimate of drug-likeness (QED) is 0.563. The molecule has 114 valence electrons. The highest BCUT2D eigenvalue weighted by Gasteiger charge is 2.14. The Morgan fingerprint density at radius 3 is 2.83 bits per heavy atom. The molecule has 4 rings (SSSR count). The van der Waals surface area contributed by atoms with Crippen molar-refractivity contribution in [3.05, 3.63) is 53.5 Å². The molecule has 7 heteroatoms. The van der Waals surface area contributed by atoms with Crippen molar-refractivity contribution < 1.29 is 4.74 Å². The first-order valence-corrected chi connectivity index (χ1v) is 7.01. The number of methoxy groups -OCH3 is 1. The van der Waals surface area contributed by atoms with Crippen molar-refractivity contribution in [3.63, 3.8) is 0 Å². The predicted octanol–water partition coefficient (Wildman–Crippen LogP) is 1.68. The number of benzene rings is 1. The summed E-state index contributed by atoms with van der Waals surface area (Å²) in [6, 6.07) is 7.60. The molecule has 0 radical (unpaired) electrons. The Morgan fingerprint density at radius 1 is 1.13 bits per heavy atom. The van der Waals surface area contributed by atoms with Crippen LogP contribution in [0, 0.1) is 0 Å². The van der Waals surface area contributed by atoms with E-state index in [1.54, 1.807) is 35.8 Å². The van der Waals surface area contributed by atoms with Crippen LogP contribution < -0.4 is 10.3 Å². The summed E-state index contributed by atoms with van der Waals surface area (Å²) in [6.07, 6.45) is 4.80. The minimum atomic E-state index is -0.309. The smallest absolute Gasteiger partial charge is 0.298 e. The lowest BCUT2D eigenvalue weighted by Gasteiger charge is -2.12. The zero-order valence-corrected chi connectivity index (χ0v) is 12.6. The molecule has 0 amide bonds. The molecular weight excluding hydrogens is 294 g/mol. The van der Waals surface area contributed by atoms with Gasteiger partial charge in [0.2, 0.25) is 0 Å². The van der Waals surface area contributed by atoms with Gasteiger partial charge in [0, 0.05) is 24.7 Å². The Balaban J connectivity index is 2.15. The van der Waals surface area contributed by atoms with Crippen LogP contribution >= 0.6 is 0 Å². The molecule has 3 aromatic heterocycles. The summed E-state index contributed by atoms with van der Waals surface area (Å²) in [7, 11) is 3.38. The number of nitrogens with zero attached hydrogens (tertiary/aromatic N) is 5. The van der Waals surface area contributed by atoms with E-state index in [0.717, 1.165) is 16.6 Å². The van der Waals surface area contributed by atoms with Gasteiger partial charge in [-0.2, -0.15) is 4.98 Å². The summed E-state index contributed by atoms with van der Waals surface area (Å²) in [5, 5.41) is 0.935. The lowest BCUT2D eigenvalue weighted by Crippen LogP contribution is -2.13. The molecule has 3 heterocycles. The maximum atomic E-state index is 12.0. The van der Waals surface area contributed by atoms with Gasteiger partial charge in [-0.1, -0.05) is 6.07 Å². The lowest BCUT2D eigenvalue weighted by atomic mass is 10.1. The number of aryl methyl sites for hydroxylation is 1. The summed E-state index contributed by atoms with van der Waals surface area (Å²) in [5.74, 6) is 0.697.